The molecule has 144 valence electrons. The van der Waals surface area contributed by atoms with Crippen molar-refractivity contribution in [3.63, 3.8) is 0 Å². The van der Waals surface area contributed by atoms with Gasteiger partial charge >= 0.3 is 0 Å². The van der Waals surface area contributed by atoms with Gasteiger partial charge in [0, 0.05) is 36.5 Å². The minimum absolute atomic E-state index is 0.297. The molecule has 0 radical (unpaired) electrons. The molecular formula is C21H19N7O. The SMILES string of the molecule is NC(=O)c1nn2c(-c3cn[nH]c3)cc(N3Cc4ccccc4C3)nc2c1C1CC1. The fourth-order valence-corrected chi connectivity index (χ4v) is 4.20. The van der Waals surface area contributed by atoms with E-state index in [1.807, 2.05) is 12.3 Å². The summed E-state index contributed by atoms with van der Waals surface area (Å²) in [7, 11) is 0. The van der Waals surface area contributed by atoms with E-state index >= 15 is 0 Å². The number of amides is 1. The molecule has 4 aromatic rings. The molecule has 3 N–H and O–H groups in total. The first-order valence-electron chi connectivity index (χ1n) is 9.73. The molecule has 3 aromatic heterocycles. The molecule has 1 saturated carbocycles. The van der Waals surface area contributed by atoms with Gasteiger partial charge in [0.25, 0.3) is 5.91 Å². The summed E-state index contributed by atoms with van der Waals surface area (Å²) in [6.45, 7) is 1.61. The van der Waals surface area contributed by atoms with E-state index in [1.165, 1.54) is 11.1 Å². The number of rotatable bonds is 4. The molecule has 4 heterocycles. The lowest BCUT2D eigenvalue weighted by Gasteiger charge is -2.18. The third kappa shape index (κ3) is 2.52. The van der Waals surface area contributed by atoms with Crippen molar-refractivity contribution < 1.29 is 4.79 Å². The van der Waals surface area contributed by atoms with Gasteiger partial charge in [0.15, 0.2) is 11.3 Å². The molecule has 6 rings (SSSR count). The molecule has 1 aliphatic heterocycles. The van der Waals surface area contributed by atoms with E-state index in [0.29, 0.717) is 17.3 Å². The lowest BCUT2D eigenvalue weighted by molar-refractivity contribution is 0.0994. The molecule has 1 aromatic carbocycles. The molecule has 1 fully saturated rings. The molecular weight excluding hydrogens is 366 g/mol. The van der Waals surface area contributed by atoms with E-state index in [4.69, 9.17) is 10.7 Å². The van der Waals surface area contributed by atoms with Crippen molar-refractivity contribution in [1.29, 1.82) is 0 Å². The Hall–Kier alpha value is -3.68. The highest BCUT2D eigenvalue weighted by atomic mass is 16.1. The van der Waals surface area contributed by atoms with E-state index in [9.17, 15) is 4.79 Å². The molecule has 1 amide bonds. The third-order valence-corrected chi connectivity index (χ3v) is 5.79. The van der Waals surface area contributed by atoms with Crippen LogP contribution in [0.1, 0.15) is 45.9 Å². The second-order valence-electron chi connectivity index (χ2n) is 7.75. The Morgan fingerprint density at radius 2 is 1.93 bits per heavy atom. The molecule has 0 atom stereocenters. The molecule has 0 saturated heterocycles. The largest absolute Gasteiger partial charge is 0.364 e. The molecule has 2 aliphatic rings. The number of aromatic amines is 1. The maximum Gasteiger partial charge on any atom is 0.269 e. The number of hydrogen-bond donors (Lipinski definition) is 2. The predicted octanol–water partition coefficient (Wildman–Crippen LogP) is 2.62. The van der Waals surface area contributed by atoms with E-state index in [1.54, 1.807) is 10.7 Å². The fourth-order valence-electron chi connectivity index (χ4n) is 4.20. The first-order chi connectivity index (χ1) is 14.2. The highest BCUT2D eigenvalue weighted by molar-refractivity contribution is 5.95. The van der Waals surface area contributed by atoms with Gasteiger partial charge in [0.2, 0.25) is 0 Å². The van der Waals surface area contributed by atoms with Crippen LogP contribution in [0.4, 0.5) is 5.82 Å². The van der Waals surface area contributed by atoms with Crippen molar-refractivity contribution in [2.75, 3.05) is 4.90 Å². The number of carbonyl (C=O) groups is 1. The number of anilines is 1. The average molecular weight is 385 g/mol. The third-order valence-electron chi connectivity index (χ3n) is 5.79. The number of nitrogens with zero attached hydrogens (tertiary/aromatic N) is 5. The van der Waals surface area contributed by atoms with Crippen molar-refractivity contribution in [3.05, 3.63) is 65.1 Å². The van der Waals surface area contributed by atoms with Crippen LogP contribution in [-0.2, 0) is 13.1 Å². The minimum atomic E-state index is -0.509. The Morgan fingerprint density at radius 1 is 1.17 bits per heavy atom. The lowest BCUT2D eigenvalue weighted by atomic mass is 10.1. The summed E-state index contributed by atoms with van der Waals surface area (Å²) in [4.78, 5) is 19.3. The van der Waals surface area contributed by atoms with Gasteiger partial charge in [-0.1, -0.05) is 24.3 Å². The Bertz CT molecular complexity index is 1230. The van der Waals surface area contributed by atoms with Crippen molar-refractivity contribution >= 4 is 17.4 Å². The van der Waals surface area contributed by atoms with Crippen molar-refractivity contribution in [2.24, 2.45) is 5.73 Å². The van der Waals surface area contributed by atoms with Crippen molar-refractivity contribution in [1.82, 2.24) is 24.8 Å². The van der Waals surface area contributed by atoms with E-state index in [2.05, 4.69) is 44.5 Å². The number of hydrogen-bond acceptors (Lipinski definition) is 5. The summed E-state index contributed by atoms with van der Waals surface area (Å²) in [6, 6.07) is 10.5. The van der Waals surface area contributed by atoms with Crippen LogP contribution < -0.4 is 10.6 Å². The van der Waals surface area contributed by atoms with E-state index in [-0.39, 0.29) is 0 Å². The standard InChI is InChI=1S/C21H19N7O/c22-20(29)19-18(12-5-6-12)21-25-17(27-10-13-3-1-2-4-14(13)11-27)7-16(28(21)26-19)15-8-23-24-9-15/h1-4,7-9,12H,5-6,10-11H2,(H2,22,29)(H,23,24). The first-order valence-corrected chi connectivity index (χ1v) is 9.73. The Labute approximate surface area is 166 Å². The van der Waals surface area contributed by atoms with E-state index < -0.39 is 5.91 Å². The van der Waals surface area contributed by atoms with Crippen LogP contribution in [0, 0.1) is 0 Å². The topological polar surface area (TPSA) is 105 Å². The normalized spacial score (nSPS) is 15.8. The van der Waals surface area contributed by atoms with Crippen LogP contribution in [-0.4, -0.2) is 30.7 Å². The molecule has 0 bridgehead atoms. The van der Waals surface area contributed by atoms with Crippen molar-refractivity contribution in [2.45, 2.75) is 31.8 Å². The Morgan fingerprint density at radius 3 is 2.55 bits per heavy atom. The van der Waals surface area contributed by atoms with Gasteiger partial charge in [-0.15, -0.1) is 0 Å². The minimum Gasteiger partial charge on any atom is -0.364 e. The quantitative estimate of drug-likeness (QED) is 0.562. The van der Waals surface area contributed by atoms with Crippen LogP contribution in [0.3, 0.4) is 0 Å². The Balaban J connectivity index is 1.57. The number of primary amides is 1. The smallest absolute Gasteiger partial charge is 0.269 e. The maximum atomic E-state index is 12.1. The number of nitrogens with one attached hydrogen (secondary N) is 1. The van der Waals surface area contributed by atoms with Crippen molar-refractivity contribution in [3.8, 4) is 11.3 Å². The molecule has 8 nitrogen and oxygen atoms in total. The average Bonchev–Trinajstić information content (AvgIpc) is 3.14. The molecule has 29 heavy (non-hydrogen) atoms. The number of aromatic nitrogens is 5. The zero-order valence-corrected chi connectivity index (χ0v) is 15.7. The first kappa shape index (κ1) is 16.3. The van der Waals surface area contributed by atoms with Crippen LogP contribution in [0.5, 0.6) is 0 Å². The monoisotopic (exact) mass is 385 g/mol. The second-order valence-corrected chi connectivity index (χ2v) is 7.75. The molecule has 0 spiro atoms. The fraction of sp³-hybridized carbons (Fsp3) is 0.238. The van der Waals surface area contributed by atoms with Crippen LogP contribution in [0.2, 0.25) is 0 Å². The summed E-state index contributed by atoms with van der Waals surface area (Å²) < 4.78 is 1.74. The van der Waals surface area contributed by atoms with Gasteiger partial charge in [-0.05, 0) is 29.9 Å². The zero-order chi connectivity index (χ0) is 19.5. The summed E-state index contributed by atoms with van der Waals surface area (Å²) in [6.07, 6.45) is 5.63. The number of carbonyl (C=O) groups excluding carboxylic acids is 1. The Kier molecular flexibility index (Phi) is 3.32. The van der Waals surface area contributed by atoms with Gasteiger partial charge in [-0.3, -0.25) is 9.89 Å². The number of fused-ring (bicyclic) bond motifs is 2. The van der Waals surface area contributed by atoms with Gasteiger partial charge in [0.1, 0.15) is 5.82 Å². The predicted molar refractivity (Wildman–Crippen MR) is 107 cm³/mol. The highest BCUT2D eigenvalue weighted by Gasteiger charge is 2.34. The van der Waals surface area contributed by atoms with Gasteiger partial charge in [0.05, 0.1) is 11.9 Å². The molecule has 8 heteroatoms. The summed E-state index contributed by atoms with van der Waals surface area (Å²) in [5.74, 6) is 0.652. The number of H-pyrrole nitrogens is 1. The maximum absolute atomic E-state index is 12.1. The molecule has 0 unspecified atom stereocenters. The van der Waals surface area contributed by atoms with Gasteiger partial charge in [-0.25, -0.2) is 9.50 Å². The second kappa shape index (κ2) is 5.91. The van der Waals surface area contributed by atoms with Crippen LogP contribution in [0.15, 0.2) is 42.7 Å². The number of nitrogens with two attached hydrogens (primary N) is 1. The van der Waals surface area contributed by atoms with Gasteiger partial charge < -0.3 is 10.6 Å². The summed E-state index contributed by atoms with van der Waals surface area (Å²) >= 11 is 0. The lowest BCUT2D eigenvalue weighted by Crippen LogP contribution is -2.17. The summed E-state index contributed by atoms with van der Waals surface area (Å²) in [5, 5.41) is 11.5. The van der Waals surface area contributed by atoms with E-state index in [0.717, 1.165) is 48.6 Å². The number of benzene rings is 1. The zero-order valence-electron chi connectivity index (χ0n) is 15.7. The van der Waals surface area contributed by atoms with Gasteiger partial charge in [-0.2, -0.15) is 10.2 Å². The summed E-state index contributed by atoms with van der Waals surface area (Å²) in [5.41, 5.74) is 11.9. The van der Waals surface area contributed by atoms with Crippen LogP contribution >= 0.6 is 0 Å². The highest BCUT2D eigenvalue weighted by Crippen LogP contribution is 2.44. The van der Waals surface area contributed by atoms with Crippen LogP contribution in [0.25, 0.3) is 16.9 Å². The molecule has 1 aliphatic carbocycles.